The van der Waals surface area contributed by atoms with E-state index in [1.54, 1.807) is 13.8 Å². The lowest BCUT2D eigenvalue weighted by Crippen LogP contribution is -2.43. The van der Waals surface area contributed by atoms with E-state index in [1.165, 1.54) is 5.56 Å². The summed E-state index contributed by atoms with van der Waals surface area (Å²) in [7, 11) is -3.64. The highest BCUT2D eigenvalue weighted by Gasteiger charge is 2.47. The highest BCUT2D eigenvalue weighted by molar-refractivity contribution is 7.54. The fourth-order valence-electron chi connectivity index (χ4n) is 6.02. The quantitative estimate of drug-likeness (QED) is 0.251. The molecule has 2 aliphatic rings. The van der Waals surface area contributed by atoms with Gasteiger partial charge in [-0.05, 0) is 54.2 Å². The number of carbonyl (C=O) groups is 2. The smallest absolute Gasteiger partial charge is 0.338 e. The Hall–Kier alpha value is -3.25. The maximum Gasteiger partial charge on any atom is 0.338 e. The van der Waals surface area contributed by atoms with E-state index in [0.29, 0.717) is 13.0 Å². The first-order valence-electron chi connectivity index (χ1n) is 13.1. The molecule has 0 bridgehead atoms. The zero-order chi connectivity index (χ0) is 26.9. The summed E-state index contributed by atoms with van der Waals surface area (Å²) >= 11 is 0. The number of fused-ring (bicyclic) bond motifs is 3. The van der Waals surface area contributed by atoms with Gasteiger partial charge in [-0.2, -0.15) is 0 Å². The van der Waals surface area contributed by atoms with Crippen LogP contribution >= 0.6 is 7.60 Å². The van der Waals surface area contributed by atoms with E-state index in [1.807, 2.05) is 47.4 Å². The number of hydrogen-bond acceptors (Lipinski definition) is 6. The Kier molecular flexibility index (Phi) is 7.53. The average Bonchev–Trinajstić information content (AvgIpc) is 3.50. The Morgan fingerprint density at radius 1 is 0.921 bits per heavy atom. The molecule has 0 spiro atoms. The Morgan fingerprint density at radius 2 is 1.58 bits per heavy atom. The third-order valence-corrected chi connectivity index (χ3v) is 9.44. The lowest BCUT2D eigenvalue weighted by Gasteiger charge is -2.30. The van der Waals surface area contributed by atoms with E-state index in [4.69, 9.17) is 9.05 Å². The van der Waals surface area contributed by atoms with E-state index >= 15 is 0 Å². The number of rotatable bonds is 10. The number of carbonyl (C=O) groups excluding carboxylic acids is 1. The molecule has 1 heterocycles. The Labute approximate surface area is 222 Å². The third-order valence-electron chi connectivity index (χ3n) is 7.44. The molecule has 5 rings (SSSR count). The second-order valence-corrected chi connectivity index (χ2v) is 11.7. The standard InChI is InChI=1S/C30H32NO6P/c1-3-36-38(35,37-4-2)19-26(32)24-17-18-31(29(24)30(33)34)25-16-10-15-23-21-13-8-9-14-22(21)27(28(23)25)20-11-6-5-7-12-20/h5-16,24,27,29H,3-4,17-19H2,1-2H3,(H,33,34)/t24-,27?,29-/m0/s1. The van der Waals surface area contributed by atoms with Crippen LogP contribution in [0.2, 0.25) is 0 Å². The first-order valence-corrected chi connectivity index (χ1v) is 14.8. The number of Topliss-reactive ketones (excluding diaryl/α,β-unsaturated/α-hetero) is 1. The molecule has 1 N–H and O–H groups in total. The molecule has 3 atom stereocenters. The predicted octanol–water partition coefficient (Wildman–Crippen LogP) is 5.96. The largest absolute Gasteiger partial charge is 0.480 e. The third kappa shape index (κ3) is 4.71. The topological polar surface area (TPSA) is 93.1 Å². The van der Waals surface area contributed by atoms with E-state index in [-0.39, 0.29) is 19.1 Å². The molecule has 1 aliphatic heterocycles. The van der Waals surface area contributed by atoms with Crippen LogP contribution in [0.1, 0.15) is 42.9 Å². The number of carboxylic acids is 1. The van der Waals surface area contributed by atoms with Crippen LogP contribution in [-0.2, 0) is 23.2 Å². The van der Waals surface area contributed by atoms with E-state index in [2.05, 4.69) is 30.3 Å². The van der Waals surface area contributed by atoms with Crippen molar-refractivity contribution in [1.82, 2.24) is 0 Å². The molecule has 3 aromatic carbocycles. The second kappa shape index (κ2) is 10.9. The van der Waals surface area contributed by atoms with Gasteiger partial charge in [0.1, 0.15) is 12.2 Å². The SMILES string of the molecule is CCOP(=O)(CC(=O)[C@@H]1CCN(c2cccc3c2C(c2ccccc2)c2ccccc2-3)[C@@H]1C(=O)O)OCC. The van der Waals surface area contributed by atoms with Gasteiger partial charge < -0.3 is 19.1 Å². The van der Waals surface area contributed by atoms with Gasteiger partial charge in [0.25, 0.3) is 0 Å². The summed E-state index contributed by atoms with van der Waals surface area (Å²) in [5.74, 6) is -2.36. The van der Waals surface area contributed by atoms with Crippen molar-refractivity contribution in [2.45, 2.75) is 32.2 Å². The zero-order valence-corrected chi connectivity index (χ0v) is 22.5. The molecule has 1 unspecified atom stereocenters. The van der Waals surface area contributed by atoms with Gasteiger partial charge in [0.05, 0.1) is 19.1 Å². The summed E-state index contributed by atoms with van der Waals surface area (Å²) in [5.41, 5.74) is 6.37. The fourth-order valence-corrected chi connectivity index (χ4v) is 7.68. The van der Waals surface area contributed by atoms with Crippen molar-refractivity contribution in [3.8, 4) is 11.1 Å². The molecule has 1 aliphatic carbocycles. The second-order valence-electron chi connectivity index (χ2n) is 9.61. The van der Waals surface area contributed by atoms with E-state index in [9.17, 15) is 19.3 Å². The first-order chi connectivity index (χ1) is 18.4. The van der Waals surface area contributed by atoms with Gasteiger partial charge >= 0.3 is 13.6 Å². The Bertz CT molecular complexity index is 1380. The van der Waals surface area contributed by atoms with Crippen molar-refractivity contribution in [2.75, 3.05) is 30.8 Å². The minimum atomic E-state index is -3.64. The van der Waals surface area contributed by atoms with Gasteiger partial charge in [0.15, 0.2) is 5.78 Å². The first kappa shape index (κ1) is 26.4. The van der Waals surface area contributed by atoms with Crippen LogP contribution in [0.3, 0.4) is 0 Å². The monoisotopic (exact) mass is 533 g/mol. The Balaban J connectivity index is 1.55. The molecule has 38 heavy (non-hydrogen) atoms. The zero-order valence-electron chi connectivity index (χ0n) is 21.6. The van der Waals surface area contributed by atoms with Crippen LogP contribution in [0.4, 0.5) is 5.69 Å². The van der Waals surface area contributed by atoms with Gasteiger partial charge in [-0.1, -0.05) is 66.7 Å². The number of hydrogen-bond donors (Lipinski definition) is 1. The normalized spacial score (nSPS) is 20.3. The predicted molar refractivity (Wildman–Crippen MR) is 147 cm³/mol. The van der Waals surface area contributed by atoms with Gasteiger partial charge in [0, 0.05) is 18.2 Å². The van der Waals surface area contributed by atoms with Gasteiger partial charge in [-0.25, -0.2) is 4.79 Å². The van der Waals surface area contributed by atoms with Crippen LogP contribution in [0.25, 0.3) is 11.1 Å². The maximum absolute atomic E-state index is 13.4. The molecule has 0 amide bonds. The number of nitrogens with zero attached hydrogens (tertiary/aromatic N) is 1. The minimum absolute atomic E-state index is 0.0566. The highest BCUT2D eigenvalue weighted by atomic mass is 31.2. The van der Waals surface area contributed by atoms with Gasteiger partial charge in [-0.15, -0.1) is 0 Å². The van der Waals surface area contributed by atoms with E-state index < -0.39 is 37.5 Å². The summed E-state index contributed by atoms with van der Waals surface area (Å²) in [6.07, 6.45) is -0.0807. The molecule has 1 saturated heterocycles. The van der Waals surface area contributed by atoms with Gasteiger partial charge in [-0.3, -0.25) is 9.36 Å². The van der Waals surface area contributed by atoms with Crippen LogP contribution in [-0.4, -0.2) is 48.8 Å². The molecule has 0 radical (unpaired) electrons. The maximum atomic E-state index is 13.4. The molecular weight excluding hydrogens is 501 g/mol. The highest BCUT2D eigenvalue weighted by Crippen LogP contribution is 2.53. The van der Waals surface area contributed by atoms with E-state index in [0.717, 1.165) is 27.9 Å². The van der Waals surface area contributed by atoms with Crippen molar-refractivity contribution in [3.05, 3.63) is 89.5 Å². The molecule has 7 nitrogen and oxygen atoms in total. The molecule has 8 heteroatoms. The van der Waals surface area contributed by atoms with Crippen LogP contribution in [0.5, 0.6) is 0 Å². The molecule has 1 fully saturated rings. The number of aliphatic carboxylic acids is 1. The van der Waals surface area contributed by atoms with Crippen LogP contribution < -0.4 is 4.90 Å². The summed E-state index contributed by atoms with van der Waals surface area (Å²) in [4.78, 5) is 27.9. The average molecular weight is 534 g/mol. The summed E-state index contributed by atoms with van der Waals surface area (Å²) in [6, 6.07) is 23.4. The van der Waals surface area contributed by atoms with Crippen molar-refractivity contribution >= 4 is 25.0 Å². The summed E-state index contributed by atoms with van der Waals surface area (Å²) in [6.45, 7) is 4.05. The van der Waals surface area contributed by atoms with Crippen LogP contribution in [0.15, 0.2) is 72.8 Å². The fraction of sp³-hybridized carbons (Fsp3) is 0.333. The minimum Gasteiger partial charge on any atom is -0.480 e. The number of ketones is 1. The number of anilines is 1. The number of carboxylic acid groups (broad SMARTS) is 1. The summed E-state index contributed by atoms with van der Waals surface area (Å²) < 4.78 is 23.7. The van der Waals surface area contributed by atoms with Crippen molar-refractivity contribution < 1.29 is 28.3 Å². The molecule has 3 aromatic rings. The lowest BCUT2D eigenvalue weighted by atomic mass is 9.88. The van der Waals surface area contributed by atoms with Crippen molar-refractivity contribution in [1.29, 1.82) is 0 Å². The lowest BCUT2D eigenvalue weighted by molar-refractivity contribution is -0.141. The summed E-state index contributed by atoms with van der Waals surface area (Å²) in [5, 5.41) is 10.3. The number of benzene rings is 3. The van der Waals surface area contributed by atoms with Crippen molar-refractivity contribution in [2.24, 2.45) is 5.92 Å². The molecule has 0 aromatic heterocycles. The Morgan fingerprint density at radius 3 is 2.26 bits per heavy atom. The molecular formula is C30H32NO6P. The van der Waals surface area contributed by atoms with Crippen LogP contribution in [0, 0.1) is 5.92 Å². The van der Waals surface area contributed by atoms with Gasteiger partial charge in [0.2, 0.25) is 0 Å². The molecule has 198 valence electrons. The molecule has 0 saturated carbocycles. The van der Waals surface area contributed by atoms with Crippen molar-refractivity contribution in [3.63, 3.8) is 0 Å².